The highest BCUT2D eigenvalue weighted by Gasteiger charge is 2.35. The molecule has 1 aliphatic carbocycles. The number of nitrogens with zero attached hydrogens (tertiary/aromatic N) is 2. The van der Waals surface area contributed by atoms with Crippen molar-refractivity contribution in [1.82, 2.24) is 15.6 Å². The molecule has 1 heterocycles. The van der Waals surface area contributed by atoms with Gasteiger partial charge >= 0.3 is 12.1 Å². The molecule has 0 aliphatic heterocycles. The van der Waals surface area contributed by atoms with E-state index in [0.717, 1.165) is 33.9 Å². The van der Waals surface area contributed by atoms with Crippen LogP contribution in [0.3, 0.4) is 0 Å². The fourth-order valence-electron chi connectivity index (χ4n) is 6.31. The number of ether oxygens (including phenoxy) is 2. The summed E-state index contributed by atoms with van der Waals surface area (Å²) in [5.41, 5.74) is 4.04. The Bertz CT molecular complexity index is 1940. The van der Waals surface area contributed by atoms with E-state index in [1.807, 2.05) is 67.7 Å². The third-order valence-electron chi connectivity index (χ3n) is 9.22. The molecule has 0 saturated heterocycles. The van der Waals surface area contributed by atoms with Crippen molar-refractivity contribution >= 4 is 40.5 Å². The second-order valence-corrected chi connectivity index (χ2v) is 14.4. The summed E-state index contributed by atoms with van der Waals surface area (Å²) in [5, 5.41) is 17.4. The van der Waals surface area contributed by atoms with Crippen LogP contribution in [0.15, 0.2) is 72.9 Å². The van der Waals surface area contributed by atoms with E-state index in [1.165, 1.54) is 17.6 Å². The van der Waals surface area contributed by atoms with Gasteiger partial charge in [-0.25, -0.2) is 9.78 Å². The number of methoxy groups -OCH3 is 1. The molecule has 11 heteroatoms. The van der Waals surface area contributed by atoms with Gasteiger partial charge < -0.3 is 25.2 Å². The highest BCUT2D eigenvalue weighted by Crippen LogP contribution is 2.48. The summed E-state index contributed by atoms with van der Waals surface area (Å²) in [4.78, 5) is 57.3. The molecule has 3 atom stereocenters. The minimum Gasteiger partial charge on any atom is -0.507 e. The maximum atomic E-state index is 13.2. The van der Waals surface area contributed by atoms with E-state index in [1.54, 1.807) is 32.9 Å². The number of aryl methyl sites for hydroxylation is 1. The molecular weight excluding hydrogens is 660 g/mol. The molecule has 1 unspecified atom stereocenters. The topological polar surface area (TPSA) is 147 Å². The Morgan fingerprint density at radius 2 is 1.69 bits per heavy atom. The lowest BCUT2D eigenvalue weighted by Gasteiger charge is -2.27. The molecule has 4 aromatic rings. The van der Waals surface area contributed by atoms with Gasteiger partial charge in [-0.15, -0.1) is 0 Å². The fourth-order valence-corrected chi connectivity index (χ4v) is 6.31. The van der Waals surface area contributed by atoms with Crippen molar-refractivity contribution in [3.05, 3.63) is 89.6 Å². The number of carbonyl (C=O) groups excluding carboxylic acids is 4. The minimum atomic E-state index is -0.714. The molecule has 274 valence electrons. The molecule has 11 nitrogen and oxygen atoms in total. The Labute approximate surface area is 304 Å². The summed E-state index contributed by atoms with van der Waals surface area (Å²) < 4.78 is 10.5. The monoisotopic (exact) mass is 708 g/mol. The van der Waals surface area contributed by atoms with Gasteiger partial charge in [-0.2, -0.15) is 0 Å². The molecule has 1 aromatic heterocycles. The number of anilines is 1. The molecule has 3 aromatic carbocycles. The first kappa shape index (κ1) is 37.8. The molecule has 0 radical (unpaired) electrons. The van der Waals surface area contributed by atoms with Gasteiger partial charge in [0, 0.05) is 24.5 Å². The van der Waals surface area contributed by atoms with Crippen molar-refractivity contribution < 1.29 is 33.8 Å². The van der Waals surface area contributed by atoms with Gasteiger partial charge in [-0.3, -0.25) is 19.3 Å². The number of pyridine rings is 1. The molecule has 0 bridgehead atoms. The lowest BCUT2D eigenvalue weighted by molar-refractivity contribution is -0.141. The number of aromatic hydroxyl groups is 1. The first-order chi connectivity index (χ1) is 24.7. The van der Waals surface area contributed by atoms with E-state index in [0.29, 0.717) is 29.6 Å². The lowest BCUT2D eigenvalue weighted by Crippen LogP contribution is -2.40. The van der Waals surface area contributed by atoms with Crippen molar-refractivity contribution in [2.45, 2.75) is 77.9 Å². The van der Waals surface area contributed by atoms with Crippen LogP contribution < -0.4 is 15.5 Å². The second kappa shape index (κ2) is 16.3. The van der Waals surface area contributed by atoms with Crippen molar-refractivity contribution in [2.75, 3.05) is 25.1 Å². The Morgan fingerprint density at radius 1 is 1.00 bits per heavy atom. The molecular formula is C41H48N4O7. The number of hydrogen-bond donors (Lipinski definition) is 3. The standard InChI is InChI=1S/C41H48N4O7/c1-25-20-32(25)33-23-42-36(21-26(33)2)45(40(50)52-41(3,4)5)19-9-14-37(47)43-24-38(48)44-34(22-39(49)51-6)28-17-15-27(16-18-28)29-10-7-12-31-30(29)11-8-13-35(31)46/h7-8,10-13,15-18,21,23,25,32,34,46H,9,14,19-20,22,24H2,1-6H3,(H,43,47)(H,44,48)/t25?,32-,34-/m0/s1. The number of nitrogens with one attached hydrogen (secondary N) is 2. The number of esters is 1. The number of phenols is 1. The molecule has 1 saturated carbocycles. The van der Waals surface area contributed by atoms with E-state index < -0.39 is 29.6 Å². The van der Waals surface area contributed by atoms with Crippen LogP contribution in [0.2, 0.25) is 0 Å². The third kappa shape index (κ3) is 9.65. The average Bonchev–Trinajstić information content (AvgIpc) is 3.83. The number of benzene rings is 3. The Kier molecular flexibility index (Phi) is 11.8. The predicted octanol–water partition coefficient (Wildman–Crippen LogP) is 7.10. The van der Waals surface area contributed by atoms with Gasteiger partial charge in [0.25, 0.3) is 0 Å². The molecule has 3 amide bonds. The number of aromatic nitrogens is 1. The van der Waals surface area contributed by atoms with E-state index >= 15 is 0 Å². The minimum absolute atomic E-state index is 0.0578. The summed E-state index contributed by atoms with van der Waals surface area (Å²) in [6.45, 7) is 9.50. The summed E-state index contributed by atoms with van der Waals surface area (Å²) in [6.07, 6.45) is 2.68. The van der Waals surface area contributed by atoms with Gasteiger partial charge in [0.05, 0.1) is 26.1 Å². The van der Waals surface area contributed by atoms with Gasteiger partial charge in [0.1, 0.15) is 17.2 Å². The Morgan fingerprint density at radius 3 is 2.35 bits per heavy atom. The Balaban J connectivity index is 1.18. The molecule has 1 fully saturated rings. The van der Waals surface area contributed by atoms with Crippen LogP contribution in [-0.2, 0) is 23.9 Å². The first-order valence-corrected chi connectivity index (χ1v) is 17.6. The van der Waals surface area contributed by atoms with Gasteiger partial charge in [0.15, 0.2) is 0 Å². The third-order valence-corrected chi connectivity index (χ3v) is 9.22. The molecule has 52 heavy (non-hydrogen) atoms. The van der Waals surface area contributed by atoms with Gasteiger partial charge in [-0.05, 0) is 97.7 Å². The molecule has 0 spiro atoms. The van der Waals surface area contributed by atoms with E-state index in [-0.39, 0.29) is 37.6 Å². The maximum absolute atomic E-state index is 13.2. The zero-order chi connectivity index (χ0) is 37.6. The van der Waals surface area contributed by atoms with E-state index in [9.17, 15) is 24.3 Å². The largest absolute Gasteiger partial charge is 0.507 e. The quantitative estimate of drug-likeness (QED) is 0.125. The van der Waals surface area contributed by atoms with Crippen LogP contribution in [0, 0.1) is 12.8 Å². The van der Waals surface area contributed by atoms with Crippen molar-refractivity contribution in [3.8, 4) is 16.9 Å². The predicted molar refractivity (Wildman–Crippen MR) is 200 cm³/mol. The summed E-state index contributed by atoms with van der Waals surface area (Å²) in [5.74, 6) is 0.434. The normalized spacial score (nSPS) is 15.7. The van der Waals surface area contributed by atoms with Crippen LogP contribution in [0.5, 0.6) is 5.75 Å². The number of amides is 3. The number of phenolic OH excluding ortho intramolecular Hbond substituents is 1. The van der Waals surface area contributed by atoms with Crippen LogP contribution in [-0.4, -0.2) is 59.8 Å². The average molecular weight is 709 g/mol. The van der Waals surface area contributed by atoms with Gasteiger partial charge in [0.2, 0.25) is 11.8 Å². The molecule has 3 N–H and O–H groups in total. The van der Waals surface area contributed by atoms with E-state index in [2.05, 4.69) is 22.5 Å². The lowest BCUT2D eigenvalue weighted by atomic mass is 9.95. The first-order valence-electron chi connectivity index (χ1n) is 17.6. The summed E-state index contributed by atoms with van der Waals surface area (Å²) in [6, 6.07) is 19.7. The SMILES string of the molecule is COC(=O)C[C@H](NC(=O)CNC(=O)CCCN(C(=O)OC(C)(C)C)c1cc(C)c([C@H]2CC2C)cn1)c1ccc(-c2cccc3c(O)cccc23)cc1. The maximum Gasteiger partial charge on any atom is 0.416 e. The zero-order valence-electron chi connectivity index (χ0n) is 30.7. The summed E-state index contributed by atoms with van der Waals surface area (Å²) in [7, 11) is 1.28. The highest BCUT2D eigenvalue weighted by atomic mass is 16.6. The summed E-state index contributed by atoms with van der Waals surface area (Å²) >= 11 is 0. The van der Waals surface area contributed by atoms with Crippen molar-refractivity contribution in [3.63, 3.8) is 0 Å². The molecule has 5 rings (SSSR count). The smallest absolute Gasteiger partial charge is 0.416 e. The fraction of sp³-hybridized carbons (Fsp3) is 0.390. The molecule has 1 aliphatic rings. The number of fused-ring (bicyclic) bond motifs is 1. The van der Waals surface area contributed by atoms with Gasteiger partial charge in [-0.1, -0.05) is 61.5 Å². The zero-order valence-corrected chi connectivity index (χ0v) is 30.7. The number of rotatable bonds is 13. The van der Waals surface area contributed by atoms with Crippen LogP contribution in [0.4, 0.5) is 10.6 Å². The van der Waals surface area contributed by atoms with Crippen LogP contribution in [0.1, 0.15) is 82.0 Å². The Hall–Kier alpha value is -5.45. The van der Waals surface area contributed by atoms with Crippen LogP contribution >= 0.6 is 0 Å². The number of hydrogen-bond acceptors (Lipinski definition) is 8. The van der Waals surface area contributed by atoms with Crippen molar-refractivity contribution in [2.24, 2.45) is 5.92 Å². The number of carbonyl (C=O) groups is 4. The van der Waals surface area contributed by atoms with E-state index in [4.69, 9.17) is 9.47 Å². The highest BCUT2D eigenvalue weighted by molar-refractivity contribution is 5.99. The van der Waals surface area contributed by atoms with Crippen molar-refractivity contribution in [1.29, 1.82) is 0 Å². The second-order valence-electron chi connectivity index (χ2n) is 14.4. The van der Waals surface area contributed by atoms with Crippen LogP contribution in [0.25, 0.3) is 21.9 Å².